The van der Waals surface area contributed by atoms with Crippen molar-refractivity contribution in [2.24, 2.45) is 0 Å². The van der Waals surface area contributed by atoms with E-state index in [4.69, 9.17) is 28.2 Å². The maximum Gasteiger partial charge on any atom is 0.366 e. The Kier molecular flexibility index (Phi) is 3.24. The lowest BCUT2D eigenvalue weighted by atomic mass is 9.85. The average Bonchev–Trinajstić information content (AvgIpc) is 3.17. The summed E-state index contributed by atoms with van der Waals surface area (Å²) in [6.07, 6.45) is 0.409. The summed E-state index contributed by atoms with van der Waals surface area (Å²) in [4.78, 5) is 12.3. The topological polar surface area (TPSA) is 89.2 Å². The molecule has 0 bridgehead atoms. The van der Waals surface area contributed by atoms with Gasteiger partial charge in [-0.05, 0) is 17.7 Å². The van der Waals surface area contributed by atoms with Crippen LogP contribution in [0, 0.1) is 0 Å². The normalized spacial score (nSPS) is 13.4. The highest BCUT2D eigenvalue weighted by molar-refractivity contribution is 6.06. The second kappa shape index (κ2) is 5.54. The highest BCUT2D eigenvalue weighted by Gasteiger charge is 2.34. The van der Waals surface area contributed by atoms with Crippen LogP contribution in [-0.2, 0) is 6.42 Å². The Balaban J connectivity index is 1.98. The SMILES string of the molecule is COc1cc2c(c(OC)c1OC)Cc1noc(=O)c3cc4c(c-2c13)OCO4. The number of rotatable bonds is 3. The van der Waals surface area contributed by atoms with E-state index in [1.165, 1.54) is 0 Å². The van der Waals surface area contributed by atoms with Crippen molar-refractivity contribution in [3.8, 4) is 39.9 Å². The van der Waals surface area contributed by atoms with E-state index in [1.807, 2.05) is 6.07 Å². The Morgan fingerprint density at radius 1 is 1.04 bits per heavy atom. The molecule has 0 N–H and O–H groups in total. The Bertz CT molecular complexity index is 1170. The molecule has 0 amide bonds. The molecule has 0 saturated heterocycles. The first-order valence-corrected chi connectivity index (χ1v) is 8.25. The number of benzene rings is 2. The van der Waals surface area contributed by atoms with Crippen molar-refractivity contribution in [3.63, 3.8) is 0 Å². The molecule has 5 rings (SSSR count). The molecule has 1 aliphatic carbocycles. The number of aromatic nitrogens is 1. The second-order valence-corrected chi connectivity index (χ2v) is 6.17. The third-order valence-electron chi connectivity index (χ3n) is 4.96. The van der Waals surface area contributed by atoms with Gasteiger partial charge in [0.15, 0.2) is 23.0 Å². The summed E-state index contributed by atoms with van der Waals surface area (Å²) in [5, 5.41) is 5.12. The van der Waals surface area contributed by atoms with Gasteiger partial charge in [-0.3, -0.25) is 0 Å². The minimum absolute atomic E-state index is 0.0759. The van der Waals surface area contributed by atoms with Crippen LogP contribution in [0.5, 0.6) is 28.7 Å². The molecule has 1 aliphatic heterocycles. The van der Waals surface area contributed by atoms with Crippen LogP contribution in [0.3, 0.4) is 0 Å². The van der Waals surface area contributed by atoms with Crippen molar-refractivity contribution in [2.45, 2.75) is 6.42 Å². The van der Waals surface area contributed by atoms with Gasteiger partial charge in [0, 0.05) is 22.9 Å². The molecule has 1 aromatic heterocycles. The predicted octanol–water partition coefficient (Wildman–Crippen LogP) is 2.51. The van der Waals surface area contributed by atoms with Gasteiger partial charge in [0.2, 0.25) is 12.5 Å². The smallest absolute Gasteiger partial charge is 0.366 e. The van der Waals surface area contributed by atoms with Gasteiger partial charge in [-0.25, -0.2) is 4.79 Å². The van der Waals surface area contributed by atoms with E-state index < -0.39 is 5.63 Å². The van der Waals surface area contributed by atoms with Gasteiger partial charge in [0.25, 0.3) is 0 Å². The molecule has 0 fully saturated rings. The van der Waals surface area contributed by atoms with E-state index >= 15 is 0 Å². The summed E-state index contributed by atoms with van der Waals surface area (Å²) in [6.45, 7) is 0.0759. The van der Waals surface area contributed by atoms with E-state index in [1.54, 1.807) is 27.4 Å². The fraction of sp³-hybridized carbons (Fsp3) is 0.263. The minimum atomic E-state index is -0.524. The zero-order valence-electron chi connectivity index (χ0n) is 14.9. The van der Waals surface area contributed by atoms with Crippen LogP contribution in [0.25, 0.3) is 21.9 Å². The fourth-order valence-corrected chi connectivity index (χ4v) is 3.85. The van der Waals surface area contributed by atoms with E-state index in [2.05, 4.69) is 5.16 Å². The Morgan fingerprint density at radius 2 is 1.85 bits per heavy atom. The molecule has 0 saturated carbocycles. The average molecular weight is 369 g/mol. The standard InChI is InChI=1S/C19H15NO7/c1-22-12-5-8-9(16(23-2)18(12)24-3)4-11-14-10(19(21)27-20-11)6-13-17(15(8)14)26-7-25-13/h5-6H,4,7H2,1-3H3. The van der Waals surface area contributed by atoms with Gasteiger partial charge in [-0.2, -0.15) is 0 Å². The molecule has 3 aromatic rings. The monoisotopic (exact) mass is 369 g/mol. The molecule has 2 aliphatic rings. The summed E-state index contributed by atoms with van der Waals surface area (Å²) in [6, 6.07) is 3.49. The van der Waals surface area contributed by atoms with Crippen molar-refractivity contribution < 1.29 is 28.2 Å². The molecule has 0 unspecified atom stereocenters. The van der Waals surface area contributed by atoms with Crippen molar-refractivity contribution in [1.82, 2.24) is 5.16 Å². The van der Waals surface area contributed by atoms with Crippen LogP contribution in [0.4, 0.5) is 0 Å². The first-order chi connectivity index (χ1) is 13.2. The second-order valence-electron chi connectivity index (χ2n) is 6.17. The van der Waals surface area contributed by atoms with Gasteiger partial charge >= 0.3 is 5.63 Å². The predicted molar refractivity (Wildman–Crippen MR) is 94.3 cm³/mol. The van der Waals surface area contributed by atoms with E-state index in [0.717, 1.165) is 16.7 Å². The van der Waals surface area contributed by atoms with Crippen LogP contribution >= 0.6 is 0 Å². The molecule has 0 atom stereocenters. The third kappa shape index (κ3) is 1.98. The molecule has 0 radical (unpaired) electrons. The largest absolute Gasteiger partial charge is 0.493 e. The molecule has 138 valence electrons. The molecular weight excluding hydrogens is 354 g/mol. The van der Waals surface area contributed by atoms with Gasteiger partial charge < -0.3 is 28.2 Å². The van der Waals surface area contributed by atoms with Crippen LogP contribution in [-0.4, -0.2) is 33.3 Å². The molecule has 27 heavy (non-hydrogen) atoms. The van der Waals surface area contributed by atoms with Crippen molar-refractivity contribution in [3.05, 3.63) is 33.8 Å². The quantitative estimate of drug-likeness (QED) is 0.544. The van der Waals surface area contributed by atoms with Gasteiger partial charge in [-0.15, -0.1) is 0 Å². The van der Waals surface area contributed by atoms with Gasteiger partial charge in [0.05, 0.1) is 32.4 Å². The summed E-state index contributed by atoms with van der Waals surface area (Å²) in [7, 11) is 4.67. The number of nitrogens with zero attached hydrogens (tertiary/aromatic N) is 1. The molecule has 8 nitrogen and oxygen atoms in total. The minimum Gasteiger partial charge on any atom is -0.493 e. The fourth-order valence-electron chi connectivity index (χ4n) is 3.85. The molecule has 2 aromatic carbocycles. The number of hydrogen-bond donors (Lipinski definition) is 0. The lowest BCUT2D eigenvalue weighted by Crippen LogP contribution is -2.12. The third-order valence-corrected chi connectivity index (χ3v) is 4.96. The maximum atomic E-state index is 12.3. The van der Waals surface area contributed by atoms with Crippen LogP contribution in [0.2, 0.25) is 0 Å². The lowest BCUT2D eigenvalue weighted by molar-refractivity contribution is 0.174. The molecule has 0 spiro atoms. The Morgan fingerprint density at radius 3 is 2.59 bits per heavy atom. The van der Waals surface area contributed by atoms with Gasteiger partial charge in [-0.1, -0.05) is 5.16 Å². The van der Waals surface area contributed by atoms with E-state index in [-0.39, 0.29) is 6.79 Å². The maximum absolute atomic E-state index is 12.3. The van der Waals surface area contributed by atoms with Crippen LogP contribution in [0.1, 0.15) is 11.3 Å². The van der Waals surface area contributed by atoms with Crippen LogP contribution < -0.4 is 29.3 Å². The summed E-state index contributed by atoms with van der Waals surface area (Å²) >= 11 is 0. The summed E-state index contributed by atoms with van der Waals surface area (Å²) < 4.78 is 32.9. The first-order valence-electron chi connectivity index (χ1n) is 8.25. The number of ether oxygens (including phenoxy) is 5. The molecule has 8 heteroatoms. The van der Waals surface area contributed by atoms with Crippen molar-refractivity contribution in [2.75, 3.05) is 28.1 Å². The summed E-state index contributed by atoms with van der Waals surface area (Å²) in [5.74, 6) is 2.59. The van der Waals surface area contributed by atoms with E-state index in [0.29, 0.717) is 51.6 Å². The number of methoxy groups -OCH3 is 3. The van der Waals surface area contributed by atoms with Gasteiger partial charge in [0.1, 0.15) is 0 Å². The molecular formula is C19H15NO7. The van der Waals surface area contributed by atoms with Crippen molar-refractivity contribution >= 4 is 10.8 Å². The van der Waals surface area contributed by atoms with Crippen LogP contribution in [0.15, 0.2) is 21.5 Å². The highest BCUT2D eigenvalue weighted by Crippen LogP contribution is 2.54. The first kappa shape index (κ1) is 15.8. The number of hydrogen-bond acceptors (Lipinski definition) is 8. The number of fused-ring (bicyclic) bond motifs is 4. The Labute approximate surface area is 153 Å². The summed E-state index contributed by atoms with van der Waals surface area (Å²) in [5.41, 5.74) is 2.47. The lowest BCUT2D eigenvalue weighted by Gasteiger charge is -2.24. The van der Waals surface area contributed by atoms with E-state index in [9.17, 15) is 4.79 Å². The Hall–Kier alpha value is -3.42. The zero-order valence-corrected chi connectivity index (χ0v) is 14.9. The zero-order chi connectivity index (χ0) is 18.7. The van der Waals surface area contributed by atoms with Crippen molar-refractivity contribution in [1.29, 1.82) is 0 Å². The molecule has 2 heterocycles. The highest BCUT2D eigenvalue weighted by atomic mass is 16.7.